The van der Waals surface area contributed by atoms with Crippen LogP contribution < -0.4 is 5.32 Å². The lowest BCUT2D eigenvalue weighted by Gasteiger charge is -2.43. The molecule has 0 aromatic heterocycles. The molecule has 2 heterocycles. The topological polar surface area (TPSA) is 15.3 Å². The summed E-state index contributed by atoms with van der Waals surface area (Å²) < 4.78 is 0. The molecule has 2 aliphatic heterocycles. The van der Waals surface area contributed by atoms with Crippen LogP contribution in [0.3, 0.4) is 0 Å². The molecule has 91 valence electrons. The molecule has 2 heteroatoms. The number of nitrogens with zero attached hydrogens (tertiary/aromatic N) is 1. The summed E-state index contributed by atoms with van der Waals surface area (Å²) in [5.41, 5.74) is 1.47. The molecule has 0 spiro atoms. The van der Waals surface area contributed by atoms with Gasteiger partial charge in [-0.2, -0.15) is 0 Å². The summed E-state index contributed by atoms with van der Waals surface area (Å²) >= 11 is 0. The van der Waals surface area contributed by atoms with Crippen LogP contribution in [-0.2, 0) is 0 Å². The van der Waals surface area contributed by atoms with Crippen LogP contribution in [0.1, 0.15) is 30.7 Å². The van der Waals surface area contributed by atoms with Crippen LogP contribution in [0.2, 0.25) is 0 Å². The van der Waals surface area contributed by atoms with E-state index in [1.807, 2.05) is 0 Å². The number of nitrogens with one attached hydrogen (secondary N) is 1. The number of piperidine rings is 1. The summed E-state index contributed by atoms with van der Waals surface area (Å²) in [6.07, 6.45) is 3.94. The molecule has 0 saturated carbocycles. The maximum atomic E-state index is 3.96. The molecule has 3 rings (SSSR count). The van der Waals surface area contributed by atoms with Crippen molar-refractivity contribution >= 4 is 0 Å². The number of hydrogen-bond donors (Lipinski definition) is 1. The van der Waals surface area contributed by atoms with Crippen molar-refractivity contribution in [3.05, 3.63) is 42.9 Å². The average Bonchev–Trinajstić information content (AvgIpc) is 2.64. The fourth-order valence-corrected chi connectivity index (χ4v) is 3.79. The first kappa shape index (κ1) is 11.2. The van der Waals surface area contributed by atoms with Gasteiger partial charge in [0.2, 0.25) is 0 Å². The van der Waals surface area contributed by atoms with Gasteiger partial charge in [0.15, 0.2) is 0 Å². The molecule has 2 nitrogen and oxygen atoms in total. The lowest BCUT2D eigenvalue weighted by molar-refractivity contribution is 0.127. The van der Waals surface area contributed by atoms with Crippen LogP contribution in [-0.4, -0.2) is 30.1 Å². The number of hydrogen-bond acceptors (Lipinski definition) is 2. The molecule has 2 aliphatic rings. The van der Waals surface area contributed by atoms with E-state index < -0.39 is 0 Å². The van der Waals surface area contributed by atoms with E-state index in [2.05, 4.69) is 54.6 Å². The molecular weight excluding hydrogens is 208 g/mol. The monoisotopic (exact) mass is 229 g/mol. The van der Waals surface area contributed by atoms with Gasteiger partial charge in [-0.25, -0.2) is 0 Å². The number of fused-ring (bicyclic) bond motifs is 2. The Hall–Kier alpha value is -0.860. The van der Waals surface area contributed by atoms with Gasteiger partial charge in [-0.05, 0) is 31.9 Å². The van der Waals surface area contributed by atoms with E-state index in [9.17, 15) is 0 Å². The van der Waals surface area contributed by atoms with Crippen LogP contribution in [0.5, 0.6) is 0 Å². The third kappa shape index (κ3) is 1.80. The molecule has 17 heavy (non-hydrogen) atoms. The minimum absolute atomic E-state index is 0.501. The van der Waals surface area contributed by atoms with E-state index in [0.29, 0.717) is 18.0 Å². The third-order valence-electron chi connectivity index (χ3n) is 4.73. The number of benzene rings is 1. The number of rotatable bonds is 2. The maximum absolute atomic E-state index is 3.96. The highest BCUT2D eigenvalue weighted by Crippen LogP contribution is 2.42. The molecule has 1 aromatic rings. The number of likely N-dealkylation sites (N-methyl/N-ethyl adjacent to an activating group) is 1. The molecule has 3 unspecified atom stereocenters. The molecule has 0 aliphatic carbocycles. The van der Waals surface area contributed by atoms with Gasteiger partial charge < -0.3 is 5.32 Å². The predicted octanol–water partition coefficient (Wildman–Crippen LogP) is 2.39. The second-order valence-electron chi connectivity index (χ2n) is 5.45. The van der Waals surface area contributed by atoms with Gasteiger partial charge in [0, 0.05) is 31.1 Å². The van der Waals surface area contributed by atoms with Crippen LogP contribution in [0, 0.1) is 7.05 Å². The molecule has 2 saturated heterocycles. The molecule has 2 fully saturated rings. The fourth-order valence-electron chi connectivity index (χ4n) is 3.79. The van der Waals surface area contributed by atoms with Crippen molar-refractivity contribution in [1.82, 2.24) is 10.2 Å². The smallest absolute Gasteiger partial charge is 0.0293 e. The predicted molar refractivity (Wildman–Crippen MR) is 70.7 cm³/mol. The Bertz CT molecular complexity index is 376. The molecule has 1 N–H and O–H groups in total. The Labute approximate surface area is 104 Å². The quantitative estimate of drug-likeness (QED) is 0.837. The molecule has 4 atom stereocenters. The summed E-state index contributed by atoms with van der Waals surface area (Å²) in [4.78, 5) is 2.56. The maximum Gasteiger partial charge on any atom is 0.0293 e. The Morgan fingerprint density at radius 2 is 2.00 bits per heavy atom. The van der Waals surface area contributed by atoms with Crippen molar-refractivity contribution in [1.29, 1.82) is 0 Å². The average molecular weight is 229 g/mol. The van der Waals surface area contributed by atoms with Gasteiger partial charge in [0.1, 0.15) is 0 Å². The normalized spacial score (nSPS) is 37.3. The molecule has 2 bridgehead atoms. The molecule has 1 aromatic carbocycles. The van der Waals surface area contributed by atoms with Crippen molar-refractivity contribution in [3.8, 4) is 0 Å². The molecule has 1 radical (unpaired) electrons. The van der Waals surface area contributed by atoms with Crippen molar-refractivity contribution in [2.45, 2.75) is 43.3 Å². The standard InChI is InChI=1S/C15H21N2/c1-16-15-13(11-6-4-3-5-7-11)10-12-8-9-14(15)17(12)2/h3-7,12-16H,1,8-10H2,2H3/t12?,13-,14?,15?/m1/s1. The van der Waals surface area contributed by atoms with Crippen molar-refractivity contribution < 1.29 is 0 Å². The molecule has 0 amide bonds. The van der Waals surface area contributed by atoms with E-state index in [4.69, 9.17) is 0 Å². The minimum atomic E-state index is 0.501. The zero-order valence-electron chi connectivity index (χ0n) is 10.5. The Morgan fingerprint density at radius 1 is 1.24 bits per heavy atom. The van der Waals surface area contributed by atoms with E-state index in [1.54, 1.807) is 0 Å². The lowest BCUT2D eigenvalue weighted by Crippen LogP contribution is -2.53. The molecular formula is C15H21N2. The van der Waals surface area contributed by atoms with Crippen LogP contribution >= 0.6 is 0 Å². The first-order chi connectivity index (χ1) is 8.31. The summed E-state index contributed by atoms with van der Waals surface area (Å²) in [7, 11) is 6.23. The highest BCUT2D eigenvalue weighted by Gasteiger charge is 2.45. The summed E-state index contributed by atoms with van der Waals surface area (Å²) in [6.45, 7) is 0. The fraction of sp³-hybridized carbons (Fsp3) is 0.533. The van der Waals surface area contributed by atoms with Crippen molar-refractivity contribution in [3.63, 3.8) is 0 Å². The Kier molecular flexibility index (Phi) is 2.93. The van der Waals surface area contributed by atoms with E-state index >= 15 is 0 Å². The summed E-state index contributed by atoms with van der Waals surface area (Å²) in [6, 6.07) is 12.9. The van der Waals surface area contributed by atoms with E-state index in [0.717, 1.165) is 6.04 Å². The van der Waals surface area contributed by atoms with Gasteiger partial charge in [-0.3, -0.25) is 4.90 Å². The van der Waals surface area contributed by atoms with Gasteiger partial charge >= 0.3 is 0 Å². The minimum Gasteiger partial charge on any atom is -0.311 e. The SMILES string of the molecule is [CH2]NC1C2CCC(C[C@@H]1c1ccccc1)N2C. The van der Waals surface area contributed by atoms with Crippen molar-refractivity contribution in [2.24, 2.45) is 0 Å². The van der Waals surface area contributed by atoms with Gasteiger partial charge in [0.25, 0.3) is 0 Å². The van der Waals surface area contributed by atoms with Crippen LogP contribution in [0.25, 0.3) is 0 Å². The highest BCUT2D eigenvalue weighted by atomic mass is 15.2. The highest BCUT2D eigenvalue weighted by molar-refractivity contribution is 5.25. The van der Waals surface area contributed by atoms with Gasteiger partial charge in [0.05, 0.1) is 0 Å². The Balaban J connectivity index is 1.90. The van der Waals surface area contributed by atoms with Gasteiger partial charge in [-0.1, -0.05) is 30.3 Å². The Morgan fingerprint density at radius 3 is 2.71 bits per heavy atom. The van der Waals surface area contributed by atoms with Crippen LogP contribution in [0.4, 0.5) is 0 Å². The summed E-state index contributed by atoms with van der Waals surface area (Å²) in [5, 5.41) is 3.32. The lowest BCUT2D eigenvalue weighted by atomic mass is 9.81. The van der Waals surface area contributed by atoms with Gasteiger partial charge in [-0.15, -0.1) is 0 Å². The zero-order valence-corrected chi connectivity index (χ0v) is 10.5. The first-order valence-electron chi connectivity index (χ1n) is 6.60. The zero-order chi connectivity index (χ0) is 11.8. The second kappa shape index (κ2) is 4.43. The van der Waals surface area contributed by atoms with Crippen molar-refractivity contribution in [2.75, 3.05) is 7.05 Å². The van der Waals surface area contributed by atoms with E-state index in [-0.39, 0.29) is 0 Å². The summed E-state index contributed by atoms with van der Waals surface area (Å²) in [5.74, 6) is 0.627. The largest absolute Gasteiger partial charge is 0.311 e. The second-order valence-corrected chi connectivity index (χ2v) is 5.45. The third-order valence-corrected chi connectivity index (χ3v) is 4.73. The van der Waals surface area contributed by atoms with Crippen LogP contribution in [0.15, 0.2) is 30.3 Å². The first-order valence-corrected chi connectivity index (χ1v) is 6.60. The van der Waals surface area contributed by atoms with E-state index in [1.165, 1.54) is 24.8 Å².